The molecule has 0 aromatic heterocycles. The molecule has 468 valence electrons. The Hall–Kier alpha value is -1.60. The fraction of sp³-hybridized carbons (Fsp3) is 0.941. The molecule has 1 fully saturated rings. The summed E-state index contributed by atoms with van der Waals surface area (Å²) in [5.74, 6) is -1.17. The second-order valence-corrected chi connectivity index (χ2v) is 24.3. The maximum absolute atomic E-state index is 13.4. The first-order valence-corrected chi connectivity index (χ1v) is 34.5. The Labute approximate surface area is 487 Å². The van der Waals surface area contributed by atoms with Crippen LogP contribution in [-0.4, -0.2) is 99.6 Å². The van der Waals surface area contributed by atoms with Crippen LogP contribution in [0.3, 0.4) is 0 Å². The predicted octanol–water partition coefficient (Wildman–Crippen LogP) is 17.1. The molecule has 1 rings (SSSR count). The highest BCUT2D eigenvalue weighted by Crippen LogP contribution is 2.26. The van der Waals surface area contributed by atoms with E-state index < -0.39 is 67.4 Å². The lowest BCUT2D eigenvalue weighted by molar-refractivity contribution is -0.305. The van der Waals surface area contributed by atoms with Gasteiger partial charge < -0.3 is 45.1 Å². The highest BCUT2D eigenvalue weighted by atomic mass is 16.7. The van der Waals surface area contributed by atoms with Crippen LogP contribution in [0.4, 0.5) is 0 Å². The summed E-state index contributed by atoms with van der Waals surface area (Å²) in [6, 6.07) is -1.02. The lowest BCUT2D eigenvalue weighted by atomic mass is 9.99. The van der Waals surface area contributed by atoms with Crippen LogP contribution in [-0.2, 0) is 23.8 Å². The smallest absolute Gasteiger partial charge is 0.306 e. The number of unbranched alkanes of at least 4 members (excludes halogenated alkanes) is 46. The Morgan fingerprint density at radius 1 is 0.481 bits per heavy atom. The van der Waals surface area contributed by atoms with Gasteiger partial charge in [0.2, 0.25) is 5.91 Å². The van der Waals surface area contributed by atoms with E-state index in [0.29, 0.717) is 19.3 Å². The van der Waals surface area contributed by atoms with Gasteiger partial charge in [0.25, 0.3) is 0 Å². The maximum atomic E-state index is 13.4. The minimum Gasteiger partial charge on any atom is -0.454 e. The zero-order valence-electron chi connectivity index (χ0n) is 52.0. The van der Waals surface area contributed by atoms with Gasteiger partial charge in [0.15, 0.2) is 12.4 Å². The van der Waals surface area contributed by atoms with Crippen molar-refractivity contribution in [2.75, 3.05) is 13.2 Å². The molecule has 8 unspecified atom stereocenters. The number of aliphatic hydroxyl groups is 5. The first-order valence-electron chi connectivity index (χ1n) is 34.5. The van der Waals surface area contributed by atoms with Crippen molar-refractivity contribution in [3.8, 4) is 0 Å². The molecule has 1 amide bonds. The third kappa shape index (κ3) is 44.6. The van der Waals surface area contributed by atoms with E-state index in [4.69, 9.17) is 14.2 Å². The lowest BCUT2D eigenvalue weighted by Crippen LogP contribution is -2.61. The van der Waals surface area contributed by atoms with E-state index in [9.17, 15) is 35.1 Å². The number of hydrogen-bond acceptors (Lipinski definition) is 10. The summed E-state index contributed by atoms with van der Waals surface area (Å²) < 4.78 is 17.7. The topological polar surface area (TPSA) is 175 Å². The van der Waals surface area contributed by atoms with Crippen molar-refractivity contribution in [2.24, 2.45) is 0 Å². The van der Waals surface area contributed by atoms with Crippen LogP contribution in [0.2, 0.25) is 0 Å². The minimum absolute atomic E-state index is 0.132. The third-order valence-corrected chi connectivity index (χ3v) is 16.7. The zero-order valence-corrected chi connectivity index (χ0v) is 52.0. The standard InChI is InChI=1S/C68H131NO10/c1-4-7-10-13-16-19-22-24-26-28-29-30-31-32-33-34-36-38-41-44-47-50-53-56-63(73)79-66-65(75)64(74)62(57-70)78-68(66)77-58-59(60(71)54-51-48-45-42-39-21-18-15-12-9-6-3)69-67(76)61(72)55-52-49-46-43-40-37-35-27-25-23-20-17-14-11-8-5-2/h51,54,59-62,64-66,68,70-72,74-75H,4-50,52-53,55-58H2,1-3H3,(H,69,76)/b54-51+. The molecule has 1 aliphatic rings. The van der Waals surface area contributed by atoms with Crippen molar-refractivity contribution < 1.29 is 49.3 Å². The van der Waals surface area contributed by atoms with Crippen LogP contribution in [0.1, 0.15) is 348 Å². The Morgan fingerprint density at radius 2 is 0.823 bits per heavy atom. The number of aliphatic hydroxyl groups excluding tert-OH is 5. The summed E-state index contributed by atoms with van der Waals surface area (Å²) >= 11 is 0. The second-order valence-electron chi connectivity index (χ2n) is 24.3. The van der Waals surface area contributed by atoms with Gasteiger partial charge in [-0.1, -0.05) is 328 Å². The van der Waals surface area contributed by atoms with Crippen molar-refractivity contribution in [1.82, 2.24) is 5.32 Å². The van der Waals surface area contributed by atoms with Gasteiger partial charge in [0, 0.05) is 6.42 Å². The summed E-state index contributed by atoms with van der Waals surface area (Å²) in [7, 11) is 0. The minimum atomic E-state index is -1.61. The lowest BCUT2D eigenvalue weighted by Gasteiger charge is -2.41. The predicted molar refractivity (Wildman–Crippen MR) is 329 cm³/mol. The molecule has 79 heavy (non-hydrogen) atoms. The van der Waals surface area contributed by atoms with Crippen LogP contribution in [0, 0.1) is 0 Å². The molecule has 1 heterocycles. The highest BCUT2D eigenvalue weighted by molar-refractivity contribution is 5.80. The fourth-order valence-corrected chi connectivity index (χ4v) is 11.2. The number of esters is 1. The number of allylic oxidation sites excluding steroid dienone is 1. The van der Waals surface area contributed by atoms with E-state index in [0.717, 1.165) is 57.8 Å². The van der Waals surface area contributed by atoms with E-state index in [2.05, 4.69) is 26.1 Å². The molecule has 8 atom stereocenters. The molecule has 0 bridgehead atoms. The van der Waals surface area contributed by atoms with Crippen LogP contribution in [0.15, 0.2) is 12.2 Å². The molecule has 6 N–H and O–H groups in total. The molecule has 0 radical (unpaired) electrons. The molecule has 0 aliphatic carbocycles. The molecule has 0 spiro atoms. The van der Waals surface area contributed by atoms with Crippen LogP contribution in [0.25, 0.3) is 0 Å². The second kappa shape index (κ2) is 56.9. The highest BCUT2D eigenvalue weighted by Gasteiger charge is 2.47. The normalized spacial score (nSPS) is 18.8. The van der Waals surface area contributed by atoms with E-state index in [1.54, 1.807) is 6.08 Å². The van der Waals surface area contributed by atoms with E-state index in [1.165, 1.54) is 244 Å². The molecule has 11 heteroatoms. The number of carbonyl (C=O) groups excluding carboxylic acids is 2. The molecule has 1 aliphatic heterocycles. The fourth-order valence-electron chi connectivity index (χ4n) is 11.2. The number of rotatable bonds is 60. The first-order chi connectivity index (χ1) is 38.7. The Bertz CT molecular complexity index is 1340. The van der Waals surface area contributed by atoms with Gasteiger partial charge in [-0.3, -0.25) is 9.59 Å². The van der Waals surface area contributed by atoms with Gasteiger partial charge in [-0.05, 0) is 25.7 Å². The first kappa shape index (κ1) is 75.4. The quantitative estimate of drug-likeness (QED) is 0.0195. The molecule has 11 nitrogen and oxygen atoms in total. The summed E-state index contributed by atoms with van der Waals surface area (Å²) in [6.45, 7) is 5.84. The summed E-state index contributed by atoms with van der Waals surface area (Å²) in [4.78, 5) is 26.6. The zero-order chi connectivity index (χ0) is 57.5. The third-order valence-electron chi connectivity index (χ3n) is 16.7. The molecular weight excluding hydrogens is 991 g/mol. The molecule has 0 aromatic rings. The van der Waals surface area contributed by atoms with Crippen molar-refractivity contribution in [1.29, 1.82) is 0 Å². The van der Waals surface area contributed by atoms with E-state index in [1.807, 2.05) is 6.08 Å². The monoisotopic (exact) mass is 1120 g/mol. The molecular formula is C68H131NO10. The maximum Gasteiger partial charge on any atom is 0.306 e. The number of hydrogen-bond donors (Lipinski definition) is 6. The Kier molecular flexibility index (Phi) is 54.3. The summed E-state index contributed by atoms with van der Waals surface area (Å²) in [5, 5.41) is 57.1. The number of nitrogens with one attached hydrogen (secondary N) is 1. The van der Waals surface area contributed by atoms with Crippen molar-refractivity contribution in [3.63, 3.8) is 0 Å². The molecule has 1 saturated heterocycles. The molecule has 0 saturated carbocycles. The van der Waals surface area contributed by atoms with Crippen LogP contribution in [0.5, 0.6) is 0 Å². The van der Waals surface area contributed by atoms with Gasteiger partial charge in [0.05, 0.1) is 25.4 Å². The average Bonchev–Trinajstić information content (AvgIpc) is 3.47. The molecule has 0 aromatic carbocycles. The van der Waals surface area contributed by atoms with Crippen LogP contribution >= 0.6 is 0 Å². The number of amides is 1. The van der Waals surface area contributed by atoms with Gasteiger partial charge in [-0.15, -0.1) is 0 Å². The van der Waals surface area contributed by atoms with Gasteiger partial charge in [-0.25, -0.2) is 0 Å². The number of carbonyl (C=O) groups is 2. The summed E-state index contributed by atoms with van der Waals surface area (Å²) in [5.41, 5.74) is 0. The Morgan fingerprint density at radius 3 is 1.19 bits per heavy atom. The number of ether oxygens (including phenoxy) is 3. The van der Waals surface area contributed by atoms with E-state index >= 15 is 0 Å². The van der Waals surface area contributed by atoms with E-state index in [-0.39, 0.29) is 13.0 Å². The van der Waals surface area contributed by atoms with Crippen molar-refractivity contribution in [3.05, 3.63) is 12.2 Å². The van der Waals surface area contributed by atoms with Crippen LogP contribution < -0.4 is 5.32 Å². The SMILES string of the molecule is CCCCCCCCCCC/C=C/C(O)C(COC1OC(CO)C(O)C(O)C1OC(=O)CCCCCCCCCCCCCCCCCCCCCCCCC)NC(=O)C(O)CCCCCCCCCCCCCCCCCC. The average molecular weight is 1120 g/mol. The van der Waals surface area contributed by atoms with Crippen molar-refractivity contribution >= 4 is 11.9 Å². The van der Waals surface area contributed by atoms with Gasteiger partial charge >= 0.3 is 5.97 Å². The van der Waals surface area contributed by atoms with Gasteiger partial charge in [0.1, 0.15) is 24.4 Å². The Balaban J connectivity index is 2.55. The van der Waals surface area contributed by atoms with Crippen molar-refractivity contribution in [2.45, 2.75) is 397 Å². The summed E-state index contributed by atoms with van der Waals surface area (Å²) in [6.07, 6.45) is 55.5. The largest absolute Gasteiger partial charge is 0.454 e. The van der Waals surface area contributed by atoms with Gasteiger partial charge in [-0.2, -0.15) is 0 Å².